The lowest BCUT2D eigenvalue weighted by molar-refractivity contribution is -0.122. The van der Waals surface area contributed by atoms with Crippen LogP contribution < -0.4 is 10.2 Å². The fourth-order valence-electron chi connectivity index (χ4n) is 2.78. The molecule has 138 valence electrons. The highest BCUT2D eigenvalue weighted by Crippen LogP contribution is 2.34. The Labute approximate surface area is 151 Å². The standard InChI is InChI=1S/C18H19FN2O4S/c1-18(2)17(22)21(16-6-4-3-5-15(16)20-18)11-12-25-26(23,24)14-9-7-13(19)8-10-14/h3-10,20H,11-12H2,1-2H3. The number of rotatable bonds is 5. The highest BCUT2D eigenvalue weighted by molar-refractivity contribution is 7.86. The molecule has 8 heteroatoms. The van der Waals surface area contributed by atoms with E-state index in [2.05, 4.69) is 5.32 Å². The van der Waals surface area contributed by atoms with Gasteiger partial charge in [-0.2, -0.15) is 8.42 Å². The second kappa shape index (κ2) is 6.69. The molecule has 2 aromatic rings. The summed E-state index contributed by atoms with van der Waals surface area (Å²) in [6, 6.07) is 11.7. The van der Waals surface area contributed by atoms with Crippen LogP contribution in [0.15, 0.2) is 53.4 Å². The summed E-state index contributed by atoms with van der Waals surface area (Å²) in [5.41, 5.74) is 0.641. The Hall–Kier alpha value is -2.45. The van der Waals surface area contributed by atoms with Crippen molar-refractivity contribution >= 4 is 27.4 Å². The molecule has 0 atom stereocenters. The molecule has 1 aliphatic heterocycles. The van der Waals surface area contributed by atoms with Crippen molar-refractivity contribution in [3.05, 3.63) is 54.3 Å². The van der Waals surface area contributed by atoms with E-state index in [4.69, 9.17) is 4.18 Å². The van der Waals surface area contributed by atoms with Gasteiger partial charge in [0.1, 0.15) is 11.4 Å². The summed E-state index contributed by atoms with van der Waals surface area (Å²) in [5, 5.41) is 3.17. The third kappa shape index (κ3) is 3.56. The lowest BCUT2D eigenvalue weighted by Gasteiger charge is -2.39. The van der Waals surface area contributed by atoms with Crippen molar-refractivity contribution in [2.24, 2.45) is 0 Å². The van der Waals surface area contributed by atoms with Crippen LogP contribution >= 0.6 is 0 Å². The molecule has 1 heterocycles. The van der Waals surface area contributed by atoms with Crippen molar-refractivity contribution < 1.29 is 21.8 Å². The van der Waals surface area contributed by atoms with Crippen LogP contribution in [0.5, 0.6) is 0 Å². The Morgan fingerprint density at radius 3 is 2.46 bits per heavy atom. The van der Waals surface area contributed by atoms with Gasteiger partial charge in [-0.3, -0.25) is 8.98 Å². The molecule has 0 unspecified atom stereocenters. The molecule has 1 amide bonds. The minimum atomic E-state index is -4.02. The molecule has 0 aromatic heterocycles. The van der Waals surface area contributed by atoms with Gasteiger partial charge in [0.25, 0.3) is 16.0 Å². The minimum Gasteiger partial charge on any atom is -0.370 e. The monoisotopic (exact) mass is 378 g/mol. The van der Waals surface area contributed by atoms with E-state index in [0.29, 0.717) is 5.69 Å². The average Bonchev–Trinajstić information content (AvgIpc) is 2.58. The number of carbonyl (C=O) groups excluding carboxylic acids is 1. The number of nitrogens with zero attached hydrogens (tertiary/aromatic N) is 1. The number of nitrogens with one attached hydrogen (secondary N) is 1. The van der Waals surface area contributed by atoms with Crippen LogP contribution in [-0.2, 0) is 19.1 Å². The number of amides is 1. The van der Waals surface area contributed by atoms with Crippen molar-refractivity contribution in [1.29, 1.82) is 0 Å². The minimum absolute atomic E-state index is 0.0708. The Morgan fingerprint density at radius 1 is 1.12 bits per heavy atom. The summed E-state index contributed by atoms with van der Waals surface area (Å²) in [7, 11) is -4.02. The molecular formula is C18H19FN2O4S. The van der Waals surface area contributed by atoms with Gasteiger partial charge in [-0.25, -0.2) is 4.39 Å². The Morgan fingerprint density at radius 2 is 1.77 bits per heavy atom. The summed E-state index contributed by atoms with van der Waals surface area (Å²) >= 11 is 0. The van der Waals surface area contributed by atoms with Crippen LogP contribution in [0.1, 0.15) is 13.8 Å². The smallest absolute Gasteiger partial charge is 0.297 e. The number of para-hydroxylation sites is 2. The second-order valence-corrected chi connectivity index (χ2v) is 8.07. The molecule has 0 saturated carbocycles. The Balaban J connectivity index is 1.75. The highest BCUT2D eigenvalue weighted by Gasteiger charge is 2.38. The fraction of sp³-hybridized carbons (Fsp3) is 0.278. The molecular weight excluding hydrogens is 359 g/mol. The molecule has 0 aliphatic carbocycles. The van der Waals surface area contributed by atoms with E-state index in [0.717, 1.165) is 30.0 Å². The van der Waals surface area contributed by atoms with Crippen molar-refractivity contribution in [3.8, 4) is 0 Å². The first-order valence-corrected chi connectivity index (χ1v) is 9.46. The predicted molar refractivity (Wildman–Crippen MR) is 96.0 cm³/mol. The normalized spacial score (nSPS) is 16.1. The second-order valence-electron chi connectivity index (χ2n) is 6.45. The van der Waals surface area contributed by atoms with Crippen LogP contribution in [0.4, 0.5) is 15.8 Å². The van der Waals surface area contributed by atoms with E-state index in [-0.39, 0.29) is 24.0 Å². The van der Waals surface area contributed by atoms with Gasteiger partial charge >= 0.3 is 0 Å². The molecule has 0 fully saturated rings. The van der Waals surface area contributed by atoms with Crippen LogP contribution in [0.2, 0.25) is 0 Å². The summed E-state index contributed by atoms with van der Waals surface area (Å²) in [6.07, 6.45) is 0. The van der Waals surface area contributed by atoms with Gasteiger partial charge < -0.3 is 10.2 Å². The predicted octanol–water partition coefficient (Wildman–Crippen LogP) is 2.77. The Kier molecular flexibility index (Phi) is 4.72. The van der Waals surface area contributed by atoms with Gasteiger partial charge in [0.2, 0.25) is 0 Å². The zero-order valence-electron chi connectivity index (χ0n) is 14.4. The van der Waals surface area contributed by atoms with Crippen molar-refractivity contribution in [2.45, 2.75) is 24.3 Å². The average molecular weight is 378 g/mol. The molecule has 6 nitrogen and oxygen atoms in total. The largest absolute Gasteiger partial charge is 0.370 e. The lowest BCUT2D eigenvalue weighted by Crippen LogP contribution is -2.54. The maximum atomic E-state index is 12.9. The van der Waals surface area contributed by atoms with E-state index >= 15 is 0 Å². The van der Waals surface area contributed by atoms with Crippen molar-refractivity contribution in [2.75, 3.05) is 23.4 Å². The van der Waals surface area contributed by atoms with Gasteiger partial charge in [-0.1, -0.05) is 12.1 Å². The van der Waals surface area contributed by atoms with E-state index < -0.39 is 21.5 Å². The first-order valence-electron chi connectivity index (χ1n) is 8.05. The Bertz CT molecular complexity index is 926. The van der Waals surface area contributed by atoms with Crippen LogP contribution in [0.25, 0.3) is 0 Å². The number of hydrogen-bond acceptors (Lipinski definition) is 5. The number of carbonyl (C=O) groups is 1. The number of fused-ring (bicyclic) bond motifs is 1. The first-order chi connectivity index (χ1) is 12.2. The number of anilines is 2. The summed E-state index contributed by atoms with van der Waals surface area (Å²) in [5.74, 6) is -0.715. The first kappa shape index (κ1) is 18.3. The van der Waals surface area contributed by atoms with E-state index in [1.165, 1.54) is 4.90 Å². The summed E-state index contributed by atoms with van der Waals surface area (Å²) in [4.78, 5) is 14.1. The summed E-state index contributed by atoms with van der Waals surface area (Å²) in [6.45, 7) is 3.38. The van der Waals surface area contributed by atoms with E-state index in [9.17, 15) is 17.6 Å². The third-order valence-corrected chi connectivity index (χ3v) is 5.40. The van der Waals surface area contributed by atoms with Crippen LogP contribution in [-0.4, -0.2) is 33.0 Å². The van der Waals surface area contributed by atoms with Gasteiger partial charge in [0.15, 0.2) is 0 Å². The SMILES string of the molecule is CC1(C)Nc2ccccc2N(CCOS(=O)(=O)c2ccc(F)cc2)C1=O. The molecule has 3 rings (SSSR count). The zero-order chi connectivity index (χ0) is 18.9. The van der Waals surface area contributed by atoms with E-state index in [1.54, 1.807) is 26.0 Å². The molecule has 1 aliphatic rings. The maximum Gasteiger partial charge on any atom is 0.297 e. The van der Waals surface area contributed by atoms with Gasteiger partial charge in [0, 0.05) is 0 Å². The van der Waals surface area contributed by atoms with Crippen molar-refractivity contribution in [3.63, 3.8) is 0 Å². The molecule has 0 bridgehead atoms. The maximum absolute atomic E-state index is 12.9. The molecule has 0 radical (unpaired) electrons. The molecule has 2 aromatic carbocycles. The molecule has 1 N–H and O–H groups in total. The topological polar surface area (TPSA) is 75.7 Å². The van der Waals surface area contributed by atoms with Gasteiger partial charge in [0.05, 0.1) is 29.4 Å². The third-order valence-electron chi connectivity index (χ3n) is 4.08. The lowest BCUT2D eigenvalue weighted by atomic mass is 9.98. The number of hydrogen-bond donors (Lipinski definition) is 1. The quantitative estimate of drug-likeness (QED) is 0.810. The highest BCUT2D eigenvalue weighted by atomic mass is 32.2. The number of halogens is 1. The van der Waals surface area contributed by atoms with Crippen LogP contribution in [0.3, 0.4) is 0 Å². The zero-order valence-corrected chi connectivity index (χ0v) is 15.2. The summed E-state index contributed by atoms with van der Waals surface area (Å²) < 4.78 is 42.3. The molecule has 0 saturated heterocycles. The van der Waals surface area contributed by atoms with Crippen LogP contribution in [0, 0.1) is 5.82 Å². The van der Waals surface area contributed by atoms with Crippen molar-refractivity contribution in [1.82, 2.24) is 0 Å². The molecule has 0 spiro atoms. The number of benzene rings is 2. The van der Waals surface area contributed by atoms with Gasteiger partial charge in [-0.05, 0) is 50.2 Å². The van der Waals surface area contributed by atoms with E-state index in [1.807, 2.05) is 12.1 Å². The molecule has 26 heavy (non-hydrogen) atoms. The van der Waals surface area contributed by atoms with Gasteiger partial charge in [-0.15, -0.1) is 0 Å². The fourth-order valence-corrected chi connectivity index (χ4v) is 3.68.